The van der Waals surface area contributed by atoms with Crippen LogP contribution in [0, 0.1) is 0 Å². The molecule has 6 nitrogen and oxygen atoms in total. The lowest BCUT2D eigenvalue weighted by Gasteiger charge is -2.28. The molecule has 0 spiro atoms. The number of carboxylic acids is 1. The first kappa shape index (κ1) is 15.6. The summed E-state index contributed by atoms with van der Waals surface area (Å²) in [6.07, 6.45) is 1.16. The molecule has 0 aliphatic rings. The minimum Gasteiger partial charge on any atom is -0.476 e. The van der Waals surface area contributed by atoms with Crippen molar-refractivity contribution in [1.29, 1.82) is 0 Å². The molecule has 108 valence electrons. The van der Waals surface area contributed by atoms with Crippen LogP contribution >= 0.6 is 0 Å². The van der Waals surface area contributed by atoms with Crippen LogP contribution in [0.3, 0.4) is 0 Å². The van der Waals surface area contributed by atoms with E-state index in [9.17, 15) is 15.0 Å². The van der Waals surface area contributed by atoms with Gasteiger partial charge in [-0.1, -0.05) is 39.8 Å². The first-order valence-electron chi connectivity index (χ1n) is 6.54. The standard InChI is InChI=1S/C13H23N3O3/c1-6-13(19,7-2)8-16-10(12(3,4)5)9(11(17)18)14-15-16/h19H,6-8H2,1-5H3,(H,17,18). The summed E-state index contributed by atoms with van der Waals surface area (Å²) in [4.78, 5) is 11.2. The summed E-state index contributed by atoms with van der Waals surface area (Å²) in [7, 11) is 0. The number of hydrogen-bond donors (Lipinski definition) is 2. The molecule has 2 N–H and O–H groups in total. The van der Waals surface area contributed by atoms with Gasteiger partial charge in [0.05, 0.1) is 17.8 Å². The fourth-order valence-corrected chi connectivity index (χ4v) is 2.06. The van der Waals surface area contributed by atoms with Crippen LogP contribution in [-0.4, -0.2) is 36.8 Å². The van der Waals surface area contributed by atoms with Gasteiger partial charge in [-0.05, 0) is 12.8 Å². The van der Waals surface area contributed by atoms with E-state index in [1.54, 1.807) is 0 Å². The molecule has 1 aromatic rings. The lowest BCUT2D eigenvalue weighted by molar-refractivity contribution is 0.00994. The maximum Gasteiger partial charge on any atom is 0.358 e. The van der Waals surface area contributed by atoms with Gasteiger partial charge in [-0.3, -0.25) is 0 Å². The third-order valence-electron chi connectivity index (χ3n) is 3.41. The van der Waals surface area contributed by atoms with Crippen LogP contribution in [0.5, 0.6) is 0 Å². The van der Waals surface area contributed by atoms with Gasteiger partial charge in [-0.15, -0.1) is 5.10 Å². The number of aromatic nitrogens is 3. The molecule has 1 rings (SSSR count). The van der Waals surface area contributed by atoms with Crippen molar-refractivity contribution in [1.82, 2.24) is 15.0 Å². The SMILES string of the molecule is CCC(O)(CC)Cn1nnc(C(=O)O)c1C(C)(C)C. The maximum atomic E-state index is 11.2. The lowest BCUT2D eigenvalue weighted by Crippen LogP contribution is -2.35. The van der Waals surface area contributed by atoms with E-state index in [1.807, 2.05) is 34.6 Å². The Bertz CT molecular complexity index is 456. The van der Waals surface area contributed by atoms with Gasteiger partial charge in [-0.2, -0.15) is 0 Å². The molecule has 0 unspecified atom stereocenters. The Balaban J connectivity index is 3.26. The summed E-state index contributed by atoms with van der Waals surface area (Å²) in [5, 5.41) is 27.2. The molecule has 0 bridgehead atoms. The zero-order chi connectivity index (χ0) is 14.8. The van der Waals surface area contributed by atoms with Crippen LogP contribution in [-0.2, 0) is 12.0 Å². The highest BCUT2D eigenvalue weighted by Crippen LogP contribution is 2.27. The van der Waals surface area contributed by atoms with Crippen molar-refractivity contribution in [3.8, 4) is 0 Å². The Morgan fingerprint density at radius 3 is 2.16 bits per heavy atom. The fraction of sp³-hybridized carbons (Fsp3) is 0.769. The van der Waals surface area contributed by atoms with Gasteiger partial charge in [0.25, 0.3) is 0 Å². The van der Waals surface area contributed by atoms with E-state index >= 15 is 0 Å². The molecular formula is C13H23N3O3. The molecule has 0 fully saturated rings. The highest BCUT2D eigenvalue weighted by atomic mass is 16.4. The molecule has 1 aromatic heterocycles. The van der Waals surface area contributed by atoms with E-state index < -0.39 is 17.0 Å². The topological polar surface area (TPSA) is 88.2 Å². The summed E-state index contributed by atoms with van der Waals surface area (Å²) < 4.78 is 1.52. The van der Waals surface area contributed by atoms with Crippen molar-refractivity contribution < 1.29 is 15.0 Å². The van der Waals surface area contributed by atoms with Crippen LogP contribution in [0.25, 0.3) is 0 Å². The second-order valence-corrected chi connectivity index (χ2v) is 5.93. The second kappa shape index (κ2) is 5.28. The predicted octanol–water partition coefficient (Wildman–Crippen LogP) is 1.82. The lowest BCUT2D eigenvalue weighted by atomic mass is 9.89. The largest absolute Gasteiger partial charge is 0.476 e. The Labute approximate surface area is 113 Å². The molecule has 0 atom stereocenters. The summed E-state index contributed by atoms with van der Waals surface area (Å²) >= 11 is 0. The quantitative estimate of drug-likeness (QED) is 0.851. The molecule has 0 aromatic carbocycles. The molecule has 0 amide bonds. The molecule has 1 heterocycles. The zero-order valence-corrected chi connectivity index (χ0v) is 12.3. The van der Waals surface area contributed by atoms with Gasteiger partial charge >= 0.3 is 5.97 Å². The number of carboxylic acid groups (broad SMARTS) is 1. The van der Waals surface area contributed by atoms with Crippen molar-refractivity contribution in [3.05, 3.63) is 11.4 Å². The average Bonchev–Trinajstić information content (AvgIpc) is 2.72. The van der Waals surface area contributed by atoms with Gasteiger partial charge in [-0.25, -0.2) is 9.48 Å². The van der Waals surface area contributed by atoms with Crippen LogP contribution in [0.1, 0.15) is 63.6 Å². The van der Waals surface area contributed by atoms with Gasteiger partial charge < -0.3 is 10.2 Å². The van der Waals surface area contributed by atoms with Gasteiger partial charge in [0.15, 0.2) is 5.69 Å². The highest BCUT2D eigenvalue weighted by molar-refractivity contribution is 5.86. The summed E-state index contributed by atoms with van der Waals surface area (Å²) in [5.41, 5.74) is -0.786. The number of aromatic carboxylic acids is 1. The normalized spacial score (nSPS) is 12.7. The Hall–Kier alpha value is -1.43. The Kier molecular flexibility index (Phi) is 4.35. The number of carbonyl (C=O) groups is 1. The number of nitrogens with zero attached hydrogens (tertiary/aromatic N) is 3. The van der Waals surface area contributed by atoms with Crippen LogP contribution < -0.4 is 0 Å². The molecule has 0 aliphatic heterocycles. The minimum absolute atomic E-state index is 0.0398. The maximum absolute atomic E-state index is 11.2. The first-order chi connectivity index (χ1) is 8.64. The molecule has 6 heteroatoms. The minimum atomic E-state index is -1.09. The van der Waals surface area contributed by atoms with E-state index in [0.29, 0.717) is 18.5 Å². The van der Waals surface area contributed by atoms with E-state index in [1.165, 1.54) is 4.68 Å². The van der Waals surface area contributed by atoms with Crippen molar-refractivity contribution >= 4 is 5.97 Å². The Morgan fingerprint density at radius 1 is 1.26 bits per heavy atom. The third-order valence-corrected chi connectivity index (χ3v) is 3.41. The monoisotopic (exact) mass is 269 g/mol. The van der Waals surface area contributed by atoms with Gasteiger partial charge in [0.1, 0.15) is 0 Å². The van der Waals surface area contributed by atoms with Crippen LogP contribution in [0.2, 0.25) is 0 Å². The van der Waals surface area contributed by atoms with Crippen molar-refractivity contribution in [3.63, 3.8) is 0 Å². The van der Waals surface area contributed by atoms with E-state index in [-0.39, 0.29) is 12.2 Å². The van der Waals surface area contributed by atoms with Gasteiger partial charge in [0.2, 0.25) is 0 Å². The predicted molar refractivity (Wildman–Crippen MR) is 71.2 cm³/mol. The molecule has 0 aliphatic carbocycles. The van der Waals surface area contributed by atoms with Crippen LogP contribution in [0.15, 0.2) is 0 Å². The number of hydrogen-bond acceptors (Lipinski definition) is 4. The van der Waals surface area contributed by atoms with Crippen molar-refractivity contribution in [2.45, 2.75) is 65.0 Å². The smallest absolute Gasteiger partial charge is 0.358 e. The summed E-state index contributed by atoms with van der Waals surface area (Å²) in [6, 6.07) is 0. The number of aliphatic hydroxyl groups is 1. The fourth-order valence-electron chi connectivity index (χ4n) is 2.06. The molecule has 0 saturated heterocycles. The van der Waals surface area contributed by atoms with Crippen molar-refractivity contribution in [2.75, 3.05) is 0 Å². The van der Waals surface area contributed by atoms with Crippen molar-refractivity contribution in [2.24, 2.45) is 0 Å². The number of rotatable bonds is 5. The third kappa shape index (κ3) is 3.32. The average molecular weight is 269 g/mol. The molecule has 0 radical (unpaired) electrons. The summed E-state index contributed by atoms with van der Waals surface area (Å²) in [5.74, 6) is -1.09. The zero-order valence-electron chi connectivity index (χ0n) is 12.3. The Morgan fingerprint density at radius 2 is 1.79 bits per heavy atom. The second-order valence-electron chi connectivity index (χ2n) is 5.93. The van der Waals surface area contributed by atoms with E-state index in [2.05, 4.69) is 10.3 Å². The van der Waals surface area contributed by atoms with E-state index in [0.717, 1.165) is 0 Å². The molecular weight excluding hydrogens is 246 g/mol. The first-order valence-corrected chi connectivity index (χ1v) is 6.54. The molecule has 0 saturated carbocycles. The highest BCUT2D eigenvalue weighted by Gasteiger charge is 2.32. The molecule has 19 heavy (non-hydrogen) atoms. The van der Waals surface area contributed by atoms with E-state index in [4.69, 9.17) is 0 Å². The van der Waals surface area contributed by atoms with Gasteiger partial charge in [0, 0.05) is 5.41 Å². The van der Waals surface area contributed by atoms with Crippen LogP contribution in [0.4, 0.5) is 0 Å². The summed E-state index contributed by atoms with van der Waals surface area (Å²) in [6.45, 7) is 9.78.